The lowest BCUT2D eigenvalue weighted by molar-refractivity contribution is -0.137. The molecular formula is C13H14F3NO. The number of carbonyl (C=O) groups is 1. The molecule has 0 aliphatic rings. The minimum absolute atomic E-state index is 0.0349. The summed E-state index contributed by atoms with van der Waals surface area (Å²) in [7, 11) is 0. The van der Waals surface area contributed by atoms with E-state index in [1.807, 2.05) is 0 Å². The standard InChI is InChI=1S/C13H14F3NO/c1-2-3-11(17)12(18)8-9-4-6-10(7-5-9)13(14,15)16/h2,4-7,11H,1,3,8,17H2. The SMILES string of the molecule is C=CCC(N)C(=O)Cc1ccc(C(F)(F)F)cc1. The predicted molar refractivity (Wildman–Crippen MR) is 62.9 cm³/mol. The van der Waals surface area contributed by atoms with E-state index in [0.717, 1.165) is 12.1 Å². The summed E-state index contributed by atoms with van der Waals surface area (Å²) in [6.07, 6.45) is -2.43. The third-order valence-corrected chi connectivity index (χ3v) is 2.49. The largest absolute Gasteiger partial charge is 0.416 e. The molecule has 0 amide bonds. The van der Waals surface area contributed by atoms with Crippen molar-refractivity contribution in [2.75, 3.05) is 0 Å². The molecule has 0 bridgehead atoms. The number of benzene rings is 1. The van der Waals surface area contributed by atoms with E-state index in [1.165, 1.54) is 18.2 Å². The summed E-state index contributed by atoms with van der Waals surface area (Å²) in [5.41, 5.74) is 5.37. The molecule has 0 heterocycles. The molecule has 18 heavy (non-hydrogen) atoms. The smallest absolute Gasteiger partial charge is 0.321 e. The van der Waals surface area contributed by atoms with Gasteiger partial charge in [-0.1, -0.05) is 18.2 Å². The first kappa shape index (κ1) is 14.4. The first-order valence-electron chi connectivity index (χ1n) is 5.40. The normalized spacial score (nSPS) is 13.1. The van der Waals surface area contributed by atoms with Gasteiger partial charge in [0.15, 0.2) is 5.78 Å². The van der Waals surface area contributed by atoms with Gasteiger partial charge in [-0.15, -0.1) is 6.58 Å². The van der Waals surface area contributed by atoms with E-state index in [-0.39, 0.29) is 12.2 Å². The van der Waals surface area contributed by atoms with Crippen molar-refractivity contribution in [3.8, 4) is 0 Å². The summed E-state index contributed by atoms with van der Waals surface area (Å²) in [5.74, 6) is -0.213. The number of alkyl halides is 3. The van der Waals surface area contributed by atoms with Crippen LogP contribution in [0.1, 0.15) is 17.5 Å². The van der Waals surface area contributed by atoms with E-state index in [1.54, 1.807) is 0 Å². The Morgan fingerprint density at radius 1 is 1.33 bits per heavy atom. The number of hydrogen-bond acceptors (Lipinski definition) is 2. The maximum atomic E-state index is 12.3. The minimum atomic E-state index is -4.36. The molecule has 0 saturated carbocycles. The highest BCUT2D eigenvalue weighted by Crippen LogP contribution is 2.29. The Labute approximate surface area is 103 Å². The highest BCUT2D eigenvalue weighted by molar-refractivity contribution is 5.86. The van der Waals surface area contributed by atoms with Crippen molar-refractivity contribution >= 4 is 5.78 Å². The average molecular weight is 257 g/mol. The molecular weight excluding hydrogens is 243 g/mol. The summed E-state index contributed by atoms with van der Waals surface area (Å²) in [5, 5.41) is 0. The number of rotatable bonds is 5. The molecule has 1 aromatic rings. The maximum absolute atomic E-state index is 12.3. The zero-order chi connectivity index (χ0) is 13.8. The first-order valence-corrected chi connectivity index (χ1v) is 5.40. The van der Waals surface area contributed by atoms with Gasteiger partial charge < -0.3 is 5.73 Å². The Hall–Kier alpha value is -1.62. The molecule has 5 heteroatoms. The minimum Gasteiger partial charge on any atom is -0.321 e. The van der Waals surface area contributed by atoms with Crippen LogP contribution in [0.5, 0.6) is 0 Å². The quantitative estimate of drug-likeness (QED) is 0.824. The summed E-state index contributed by atoms with van der Waals surface area (Å²) >= 11 is 0. The Morgan fingerprint density at radius 2 is 1.89 bits per heavy atom. The molecule has 0 saturated heterocycles. The zero-order valence-electron chi connectivity index (χ0n) is 9.70. The van der Waals surface area contributed by atoms with E-state index >= 15 is 0 Å². The van der Waals surface area contributed by atoms with Crippen molar-refractivity contribution in [2.24, 2.45) is 5.73 Å². The number of Topliss-reactive ketones (excluding diaryl/α,β-unsaturated/α-hetero) is 1. The summed E-state index contributed by atoms with van der Waals surface area (Å²) in [6.45, 7) is 3.47. The monoisotopic (exact) mass is 257 g/mol. The van der Waals surface area contributed by atoms with E-state index < -0.39 is 17.8 Å². The molecule has 0 aliphatic carbocycles. The zero-order valence-corrected chi connectivity index (χ0v) is 9.70. The van der Waals surface area contributed by atoms with Crippen LogP contribution in [-0.4, -0.2) is 11.8 Å². The van der Waals surface area contributed by atoms with Crippen LogP contribution in [0.2, 0.25) is 0 Å². The van der Waals surface area contributed by atoms with Gasteiger partial charge in [0.25, 0.3) is 0 Å². The van der Waals surface area contributed by atoms with Gasteiger partial charge in [0.1, 0.15) is 0 Å². The van der Waals surface area contributed by atoms with Crippen LogP contribution in [0, 0.1) is 0 Å². The van der Waals surface area contributed by atoms with Crippen LogP contribution in [0.3, 0.4) is 0 Å². The van der Waals surface area contributed by atoms with Crippen molar-refractivity contribution in [3.63, 3.8) is 0 Å². The van der Waals surface area contributed by atoms with Crippen LogP contribution < -0.4 is 5.73 Å². The second-order valence-corrected chi connectivity index (χ2v) is 3.97. The second-order valence-electron chi connectivity index (χ2n) is 3.97. The van der Waals surface area contributed by atoms with E-state index in [9.17, 15) is 18.0 Å². The maximum Gasteiger partial charge on any atom is 0.416 e. The van der Waals surface area contributed by atoms with Crippen molar-refractivity contribution in [2.45, 2.75) is 25.1 Å². The summed E-state index contributed by atoms with van der Waals surface area (Å²) in [6, 6.07) is 3.86. The molecule has 1 rings (SSSR count). The van der Waals surface area contributed by atoms with Gasteiger partial charge in [-0.25, -0.2) is 0 Å². The highest BCUT2D eigenvalue weighted by atomic mass is 19.4. The fraction of sp³-hybridized carbons (Fsp3) is 0.308. The summed E-state index contributed by atoms with van der Waals surface area (Å²) in [4.78, 5) is 11.6. The molecule has 0 spiro atoms. The lowest BCUT2D eigenvalue weighted by Gasteiger charge is -2.09. The number of halogens is 3. The number of ketones is 1. The Bertz CT molecular complexity index is 423. The molecule has 0 aromatic heterocycles. The van der Waals surface area contributed by atoms with Gasteiger partial charge in [-0.3, -0.25) is 4.79 Å². The van der Waals surface area contributed by atoms with Gasteiger partial charge in [0, 0.05) is 6.42 Å². The van der Waals surface area contributed by atoms with Gasteiger partial charge >= 0.3 is 6.18 Å². The lowest BCUT2D eigenvalue weighted by atomic mass is 10.0. The summed E-state index contributed by atoms with van der Waals surface area (Å²) < 4.78 is 36.9. The van der Waals surface area contributed by atoms with Crippen LogP contribution >= 0.6 is 0 Å². The topological polar surface area (TPSA) is 43.1 Å². The average Bonchev–Trinajstić information content (AvgIpc) is 2.28. The van der Waals surface area contributed by atoms with Crippen LogP contribution in [-0.2, 0) is 17.4 Å². The fourth-order valence-corrected chi connectivity index (χ4v) is 1.45. The molecule has 2 nitrogen and oxygen atoms in total. The highest BCUT2D eigenvalue weighted by Gasteiger charge is 2.30. The van der Waals surface area contributed by atoms with Crippen LogP contribution in [0.4, 0.5) is 13.2 Å². The number of hydrogen-bond donors (Lipinski definition) is 1. The second kappa shape index (κ2) is 5.82. The molecule has 2 N–H and O–H groups in total. The van der Waals surface area contributed by atoms with E-state index in [0.29, 0.717) is 12.0 Å². The first-order chi connectivity index (χ1) is 8.34. The van der Waals surface area contributed by atoms with E-state index in [4.69, 9.17) is 5.73 Å². The van der Waals surface area contributed by atoms with Crippen molar-refractivity contribution in [1.82, 2.24) is 0 Å². The lowest BCUT2D eigenvalue weighted by Crippen LogP contribution is -2.31. The Kier molecular flexibility index (Phi) is 4.67. The molecule has 98 valence electrons. The third kappa shape index (κ3) is 4.00. The fourth-order valence-electron chi connectivity index (χ4n) is 1.45. The predicted octanol–water partition coefficient (Wildman–Crippen LogP) is 2.72. The van der Waals surface area contributed by atoms with Crippen LogP contribution in [0.15, 0.2) is 36.9 Å². The molecule has 1 unspecified atom stereocenters. The Morgan fingerprint density at radius 3 is 2.33 bits per heavy atom. The van der Waals surface area contributed by atoms with Crippen LogP contribution in [0.25, 0.3) is 0 Å². The molecule has 0 fully saturated rings. The molecule has 1 atom stereocenters. The molecule has 0 radical (unpaired) electrons. The number of nitrogens with two attached hydrogens (primary N) is 1. The van der Waals surface area contributed by atoms with Gasteiger partial charge in [0.2, 0.25) is 0 Å². The van der Waals surface area contributed by atoms with Crippen molar-refractivity contribution in [3.05, 3.63) is 48.0 Å². The van der Waals surface area contributed by atoms with Gasteiger partial charge in [-0.2, -0.15) is 13.2 Å². The van der Waals surface area contributed by atoms with E-state index in [2.05, 4.69) is 6.58 Å². The number of carbonyl (C=O) groups excluding carboxylic acids is 1. The molecule has 1 aromatic carbocycles. The van der Waals surface area contributed by atoms with Crippen molar-refractivity contribution in [1.29, 1.82) is 0 Å². The molecule has 0 aliphatic heterocycles. The van der Waals surface area contributed by atoms with Crippen molar-refractivity contribution < 1.29 is 18.0 Å². The van der Waals surface area contributed by atoms with Gasteiger partial charge in [0.05, 0.1) is 11.6 Å². The third-order valence-electron chi connectivity index (χ3n) is 2.49. The van der Waals surface area contributed by atoms with Gasteiger partial charge in [-0.05, 0) is 24.1 Å². The Balaban J connectivity index is 2.70.